The number of hydrogen-bond acceptors (Lipinski definition) is 3. The van der Waals surface area contributed by atoms with Crippen LogP contribution >= 0.6 is 23.8 Å². The molecular weight excluding hydrogens is 280 g/mol. The third-order valence-electron chi connectivity index (χ3n) is 2.33. The van der Waals surface area contributed by atoms with Gasteiger partial charge in [0.25, 0.3) is 0 Å². The minimum absolute atomic E-state index is 0.261. The van der Waals surface area contributed by atoms with Gasteiger partial charge in [0.05, 0.1) is 5.71 Å². The van der Waals surface area contributed by atoms with E-state index in [1.165, 1.54) is 0 Å². The van der Waals surface area contributed by atoms with Gasteiger partial charge in [0.1, 0.15) is 0 Å². The number of hydrogen-bond donors (Lipinski definition) is 3. The van der Waals surface area contributed by atoms with Crippen LogP contribution in [0.15, 0.2) is 35.4 Å². The zero-order valence-corrected chi connectivity index (χ0v) is 12.4. The summed E-state index contributed by atoms with van der Waals surface area (Å²) >= 11 is 10.7. The number of halogens is 1. The summed E-state index contributed by atoms with van der Waals surface area (Å²) in [6.45, 7) is 4.09. The molecule has 0 saturated heterocycles. The van der Waals surface area contributed by atoms with Crippen molar-refractivity contribution in [1.29, 1.82) is 0 Å². The molecule has 1 rings (SSSR count). The molecular formula is C13H17ClN4S. The molecule has 0 aliphatic carbocycles. The Kier molecular flexibility index (Phi) is 6.49. The molecule has 4 nitrogen and oxygen atoms in total. The van der Waals surface area contributed by atoms with Crippen LogP contribution in [0.25, 0.3) is 6.08 Å². The third kappa shape index (κ3) is 5.83. The fourth-order valence-corrected chi connectivity index (χ4v) is 1.43. The maximum absolute atomic E-state index is 5.83. The van der Waals surface area contributed by atoms with Gasteiger partial charge in [0, 0.05) is 5.02 Å². The lowest BCUT2D eigenvalue weighted by atomic mass is 10.1. The second-order valence-electron chi connectivity index (χ2n) is 4.16. The maximum atomic E-state index is 5.83. The van der Waals surface area contributed by atoms with E-state index in [4.69, 9.17) is 29.7 Å². The first kappa shape index (κ1) is 15.6. The molecule has 6 heteroatoms. The van der Waals surface area contributed by atoms with Gasteiger partial charge in [-0.25, -0.2) is 5.84 Å². The van der Waals surface area contributed by atoms with Crippen LogP contribution in [-0.4, -0.2) is 10.8 Å². The molecule has 0 atom stereocenters. The highest BCUT2D eigenvalue weighted by Gasteiger charge is 2.01. The Morgan fingerprint density at radius 3 is 2.53 bits per heavy atom. The fraction of sp³-hybridized carbons (Fsp3) is 0.231. The Bertz CT molecular complexity index is 480. The van der Waals surface area contributed by atoms with Gasteiger partial charge >= 0.3 is 0 Å². The lowest BCUT2D eigenvalue weighted by molar-refractivity contribution is 0.853. The van der Waals surface area contributed by atoms with Crippen molar-refractivity contribution in [2.24, 2.45) is 16.9 Å². The zero-order chi connectivity index (χ0) is 14.3. The van der Waals surface area contributed by atoms with Crippen molar-refractivity contribution in [1.82, 2.24) is 10.9 Å². The fourth-order valence-electron chi connectivity index (χ4n) is 1.26. The smallest absolute Gasteiger partial charge is 0.201 e. The number of nitrogens with two attached hydrogens (primary N) is 1. The Morgan fingerprint density at radius 2 is 2.00 bits per heavy atom. The van der Waals surface area contributed by atoms with Gasteiger partial charge in [-0.2, -0.15) is 5.10 Å². The first-order valence-electron chi connectivity index (χ1n) is 5.80. The molecule has 0 radical (unpaired) electrons. The molecule has 0 spiro atoms. The molecule has 0 heterocycles. The average Bonchev–Trinajstić information content (AvgIpc) is 2.39. The molecule has 0 unspecified atom stereocenters. The van der Waals surface area contributed by atoms with Crippen LogP contribution < -0.4 is 16.7 Å². The van der Waals surface area contributed by atoms with Crippen LogP contribution in [0.1, 0.15) is 19.4 Å². The van der Waals surface area contributed by atoms with Crippen LogP contribution in [0.4, 0.5) is 0 Å². The first-order chi connectivity index (χ1) is 9.02. The molecule has 0 aliphatic rings. The van der Waals surface area contributed by atoms with Gasteiger partial charge < -0.3 is 0 Å². The summed E-state index contributed by atoms with van der Waals surface area (Å²) in [7, 11) is 0. The van der Waals surface area contributed by atoms with Crippen molar-refractivity contribution in [3.05, 3.63) is 40.9 Å². The van der Waals surface area contributed by atoms with Crippen LogP contribution in [-0.2, 0) is 0 Å². The molecule has 0 aromatic heterocycles. The van der Waals surface area contributed by atoms with Crippen LogP contribution in [0.5, 0.6) is 0 Å². The topological polar surface area (TPSA) is 62.4 Å². The van der Waals surface area contributed by atoms with E-state index in [1.807, 2.05) is 50.3 Å². The van der Waals surface area contributed by atoms with E-state index in [1.54, 1.807) is 0 Å². The number of hydrazine groups is 1. The van der Waals surface area contributed by atoms with Crippen LogP contribution in [0.3, 0.4) is 0 Å². The van der Waals surface area contributed by atoms with E-state index < -0.39 is 0 Å². The van der Waals surface area contributed by atoms with Gasteiger partial charge in [-0.3, -0.25) is 10.9 Å². The largest absolute Gasteiger partial charge is 0.300 e. The predicted molar refractivity (Wildman–Crippen MR) is 85.8 cm³/mol. The molecule has 1 aromatic rings. The summed E-state index contributed by atoms with van der Waals surface area (Å²) in [6.07, 6.45) is 3.90. The Morgan fingerprint density at radius 1 is 1.37 bits per heavy atom. The van der Waals surface area contributed by atoms with Gasteiger partial charge in [0.2, 0.25) is 5.11 Å². The second-order valence-corrected chi connectivity index (χ2v) is 5.01. The molecule has 19 heavy (non-hydrogen) atoms. The van der Waals surface area contributed by atoms with Gasteiger partial charge in [0.15, 0.2) is 0 Å². The Balaban J connectivity index is 2.78. The normalized spacial score (nSPS) is 11.9. The molecule has 0 fully saturated rings. The van der Waals surface area contributed by atoms with Crippen molar-refractivity contribution in [2.45, 2.75) is 13.8 Å². The van der Waals surface area contributed by atoms with E-state index in [0.29, 0.717) is 0 Å². The van der Waals surface area contributed by atoms with Crippen LogP contribution in [0.2, 0.25) is 5.02 Å². The third-order valence-corrected chi connectivity index (χ3v) is 2.79. The molecule has 102 valence electrons. The van der Waals surface area contributed by atoms with Gasteiger partial charge in [-0.1, -0.05) is 43.7 Å². The van der Waals surface area contributed by atoms with E-state index in [0.717, 1.165) is 16.3 Å². The zero-order valence-electron chi connectivity index (χ0n) is 10.9. The summed E-state index contributed by atoms with van der Waals surface area (Å²) in [4.78, 5) is 0. The van der Waals surface area contributed by atoms with Crippen molar-refractivity contribution < 1.29 is 0 Å². The summed E-state index contributed by atoms with van der Waals surface area (Å²) in [5, 5.41) is 5.19. The SMILES string of the molecule is CC(C)C(/C=C/c1ccc(Cl)cc1)=N/NC(=S)NN. The van der Waals surface area contributed by atoms with Crippen LogP contribution in [0, 0.1) is 5.92 Å². The summed E-state index contributed by atoms with van der Waals surface area (Å²) in [6, 6.07) is 7.57. The minimum atomic E-state index is 0.261. The number of benzene rings is 1. The molecule has 0 saturated carbocycles. The summed E-state index contributed by atoms with van der Waals surface area (Å²) in [5.74, 6) is 5.42. The molecule has 4 N–H and O–H groups in total. The van der Waals surface area contributed by atoms with Crippen molar-refractivity contribution in [2.75, 3.05) is 0 Å². The quantitative estimate of drug-likeness (QED) is 0.346. The molecule has 1 aromatic carbocycles. The number of hydrazone groups is 1. The molecule has 0 bridgehead atoms. The molecule has 0 amide bonds. The highest BCUT2D eigenvalue weighted by atomic mass is 35.5. The van der Waals surface area contributed by atoms with Gasteiger partial charge in [-0.15, -0.1) is 0 Å². The highest BCUT2D eigenvalue weighted by molar-refractivity contribution is 7.80. The maximum Gasteiger partial charge on any atom is 0.201 e. The standard InChI is InChI=1S/C13H17ClN4S/c1-9(2)12(17-18-13(19)16-15)8-5-10-3-6-11(14)7-4-10/h3-9H,15H2,1-2H3,(H2,16,18,19)/b8-5+,17-12+. The average molecular weight is 297 g/mol. The summed E-state index contributed by atoms with van der Waals surface area (Å²) < 4.78 is 0. The number of nitrogens with zero attached hydrogens (tertiary/aromatic N) is 1. The van der Waals surface area contributed by atoms with Gasteiger partial charge in [-0.05, 0) is 41.9 Å². The minimum Gasteiger partial charge on any atom is -0.300 e. The van der Waals surface area contributed by atoms with E-state index in [-0.39, 0.29) is 11.0 Å². The lowest BCUT2D eigenvalue weighted by Gasteiger charge is -2.07. The second kappa shape index (κ2) is 7.89. The van der Waals surface area contributed by atoms with E-state index in [2.05, 4.69) is 16.0 Å². The Hall–Kier alpha value is -1.43. The highest BCUT2D eigenvalue weighted by Crippen LogP contribution is 2.11. The van der Waals surface area contributed by atoms with E-state index in [9.17, 15) is 0 Å². The van der Waals surface area contributed by atoms with Crippen molar-refractivity contribution in [3.63, 3.8) is 0 Å². The van der Waals surface area contributed by atoms with Crippen molar-refractivity contribution in [3.8, 4) is 0 Å². The number of thiocarbonyl (C=S) groups is 1. The predicted octanol–water partition coefficient (Wildman–Crippen LogP) is 2.70. The van der Waals surface area contributed by atoms with Crippen molar-refractivity contribution >= 4 is 40.7 Å². The molecule has 0 aliphatic heterocycles. The summed E-state index contributed by atoms with van der Waals surface area (Å²) in [5.41, 5.74) is 6.90. The number of rotatable bonds is 4. The Labute approximate surface area is 123 Å². The van der Waals surface area contributed by atoms with E-state index >= 15 is 0 Å². The first-order valence-corrected chi connectivity index (χ1v) is 6.59. The monoisotopic (exact) mass is 296 g/mol. The number of nitrogens with one attached hydrogen (secondary N) is 2. The number of allylic oxidation sites excluding steroid dienone is 1. The lowest BCUT2D eigenvalue weighted by Crippen LogP contribution is -2.37.